The van der Waals surface area contributed by atoms with E-state index in [1.165, 1.54) is 0 Å². The molecule has 0 spiro atoms. The minimum Gasteiger partial charge on any atom is -0.314 e. The van der Waals surface area contributed by atoms with Crippen LogP contribution in [0.5, 0.6) is 0 Å². The van der Waals surface area contributed by atoms with Gasteiger partial charge in [0, 0.05) is 10.5 Å². The van der Waals surface area contributed by atoms with Crippen molar-refractivity contribution in [2.75, 3.05) is 6.54 Å². The number of rotatable bonds is 6. The average molecular weight is 338 g/mol. The molecule has 0 radical (unpaired) electrons. The molecule has 1 unspecified atom stereocenters. The Morgan fingerprint density at radius 1 is 1.26 bits per heavy atom. The van der Waals surface area contributed by atoms with Crippen molar-refractivity contribution in [3.63, 3.8) is 0 Å². The molecule has 5 heteroatoms. The predicted molar refractivity (Wildman–Crippen MR) is 75.2 cm³/mol. The second kappa shape index (κ2) is 7.29. The van der Waals surface area contributed by atoms with E-state index in [2.05, 4.69) is 28.2 Å². The number of alkyl halides is 3. The molecule has 1 aromatic rings. The number of hydrogen-bond acceptors (Lipinski definition) is 1. The van der Waals surface area contributed by atoms with Gasteiger partial charge in [-0.2, -0.15) is 13.2 Å². The van der Waals surface area contributed by atoms with Crippen molar-refractivity contribution in [2.45, 2.75) is 45.3 Å². The van der Waals surface area contributed by atoms with Gasteiger partial charge in [0.05, 0.1) is 5.56 Å². The lowest BCUT2D eigenvalue weighted by Crippen LogP contribution is -2.30. The zero-order valence-electron chi connectivity index (χ0n) is 11.1. The molecule has 1 aromatic carbocycles. The third kappa shape index (κ3) is 5.15. The van der Waals surface area contributed by atoms with Gasteiger partial charge in [-0.15, -0.1) is 0 Å². The number of halogens is 4. The molecule has 0 aromatic heterocycles. The lowest BCUT2D eigenvalue weighted by molar-refractivity contribution is -0.137. The van der Waals surface area contributed by atoms with Gasteiger partial charge in [0.2, 0.25) is 0 Å². The molecule has 0 heterocycles. The Morgan fingerprint density at radius 3 is 2.42 bits per heavy atom. The molecular weight excluding hydrogens is 319 g/mol. The van der Waals surface area contributed by atoms with Crippen molar-refractivity contribution in [1.29, 1.82) is 0 Å². The fourth-order valence-electron chi connectivity index (χ4n) is 2.07. The standard InChI is InChI=1S/C14H19BrF3N/c1-3-5-12(19-4-2)8-10-6-7-11(9-13(10)15)14(16,17)18/h6-7,9,12,19H,3-5,8H2,1-2H3. The Morgan fingerprint density at radius 2 is 1.95 bits per heavy atom. The van der Waals surface area contributed by atoms with Crippen LogP contribution < -0.4 is 5.32 Å². The third-order valence-corrected chi connectivity index (χ3v) is 3.71. The number of nitrogens with one attached hydrogen (secondary N) is 1. The molecule has 0 amide bonds. The topological polar surface area (TPSA) is 12.0 Å². The molecule has 1 rings (SSSR count). The average Bonchev–Trinajstić information content (AvgIpc) is 2.31. The molecule has 0 aliphatic heterocycles. The highest BCUT2D eigenvalue weighted by atomic mass is 79.9. The quantitative estimate of drug-likeness (QED) is 0.786. The van der Waals surface area contributed by atoms with Crippen LogP contribution in [0.2, 0.25) is 0 Å². The van der Waals surface area contributed by atoms with E-state index in [1.54, 1.807) is 6.07 Å². The summed E-state index contributed by atoms with van der Waals surface area (Å²) in [7, 11) is 0. The van der Waals surface area contributed by atoms with E-state index in [9.17, 15) is 13.2 Å². The number of hydrogen-bond donors (Lipinski definition) is 1. The molecule has 108 valence electrons. The van der Waals surface area contributed by atoms with E-state index in [1.807, 2.05) is 6.92 Å². The minimum atomic E-state index is -4.29. The summed E-state index contributed by atoms with van der Waals surface area (Å²) in [4.78, 5) is 0. The largest absolute Gasteiger partial charge is 0.416 e. The maximum absolute atomic E-state index is 12.6. The van der Waals surface area contributed by atoms with Crippen LogP contribution in [0.3, 0.4) is 0 Å². The first kappa shape index (κ1) is 16.5. The van der Waals surface area contributed by atoms with Gasteiger partial charge >= 0.3 is 6.18 Å². The summed E-state index contributed by atoms with van der Waals surface area (Å²) in [6.45, 7) is 5.00. The maximum atomic E-state index is 12.6. The first-order chi connectivity index (χ1) is 8.88. The maximum Gasteiger partial charge on any atom is 0.416 e. The highest BCUT2D eigenvalue weighted by Crippen LogP contribution is 2.32. The van der Waals surface area contributed by atoms with Gasteiger partial charge in [-0.25, -0.2) is 0 Å². The number of benzene rings is 1. The summed E-state index contributed by atoms with van der Waals surface area (Å²) < 4.78 is 38.2. The molecule has 1 N–H and O–H groups in total. The summed E-state index contributed by atoms with van der Waals surface area (Å²) in [5, 5.41) is 3.36. The van der Waals surface area contributed by atoms with Gasteiger partial charge in [-0.3, -0.25) is 0 Å². The summed E-state index contributed by atoms with van der Waals surface area (Å²) >= 11 is 3.24. The van der Waals surface area contributed by atoms with E-state index >= 15 is 0 Å². The first-order valence-corrected chi connectivity index (χ1v) is 7.26. The zero-order valence-corrected chi connectivity index (χ0v) is 12.7. The van der Waals surface area contributed by atoms with Gasteiger partial charge in [0.25, 0.3) is 0 Å². The monoisotopic (exact) mass is 337 g/mol. The Bertz CT molecular complexity index is 398. The molecule has 0 bridgehead atoms. The molecule has 0 aliphatic rings. The van der Waals surface area contributed by atoms with Crippen molar-refractivity contribution in [3.8, 4) is 0 Å². The van der Waals surface area contributed by atoms with Crippen LogP contribution in [-0.4, -0.2) is 12.6 Å². The van der Waals surface area contributed by atoms with Crippen LogP contribution in [0.25, 0.3) is 0 Å². The van der Waals surface area contributed by atoms with Crippen molar-refractivity contribution in [2.24, 2.45) is 0 Å². The summed E-state index contributed by atoms with van der Waals surface area (Å²) in [5.74, 6) is 0. The van der Waals surface area contributed by atoms with Crippen LogP contribution in [0.15, 0.2) is 22.7 Å². The lowest BCUT2D eigenvalue weighted by Gasteiger charge is -2.18. The molecule has 0 fully saturated rings. The highest BCUT2D eigenvalue weighted by molar-refractivity contribution is 9.10. The normalized spacial score (nSPS) is 13.6. The second-order valence-electron chi connectivity index (χ2n) is 4.55. The first-order valence-electron chi connectivity index (χ1n) is 6.47. The number of likely N-dealkylation sites (N-methyl/N-ethyl adjacent to an activating group) is 1. The van der Waals surface area contributed by atoms with Crippen LogP contribution in [0, 0.1) is 0 Å². The molecule has 1 atom stereocenters. The fourth-order valence-corrected chi connectivity index (χ4v) is 2.61. The predicted octanol–water partition coefficient (Wildman–Crippen LogP) is 4.79. The molecule has 19 heavy (non-hydrogen) atoms. The van der Waals surface area contributed by atoms with Crippen molar-refractivity contribution >= 4 is 15.9 Å². The summed E-state index contributed by atoms with van der Waals surface area (Å²) in [6.07, 6.45) is -1.48. The van der Waals surface area contributed by atoms with Gasteiger partial charge in [-0.1, -0.05) is 42.3 Å². The molecule has 1 nitrogen and oxygen atoms in total. The Balaban J connectivity index is 2.84. The molecule has 0 saturated carbocycles. The van der Waals surface area contributed by atoms with Crippen LogP contribution in [0.1, 0.15) is 37.8 Å². The van der Waals surface area contributed by atoms with Gasteiger partial charge < -0.3 is 5.32 Å². The summed E-state index contributed by atoms with van der Waals surface area (Å²) in [5.41, 5.74) is 0.297. The van der Waals surface area contributed by atoms with Crippen molar-refractivity contribution < 1.29 is 13.2 Å². The van der Waals surface area contributed by atoms with Crippen LogP contribution in [-0.2, 0) is 12.6 Å². The third-order valence-electron chi connectivity index (χ3n) is 2.98. The highest BCUT2D eigenvalue weighted by Gasteiger charge is 2.30. The Hall–Kier alpha value is -0.550. The molecule has 0 saturated heterocycles. The SMILES string of the molecule is CCCC(Cc1ccc(C(F)(F)F)cc1Br)NCC. The van der Waals surface area contributed by atoms with Crippen LogP contribution >= 0.6 is 15.9 Å². The summed E-state index contributed by atoms with van der Waals surface area (Å²) in [6, 6.07) is 4.18. The second-order valence-corrected chi connectivity index (χ2v) is 5.41. The Labute approximate surface area is 120 Å². The van der Waals surface area contributed by atoms with E-state index in [4.69, 9.17) is 0 Å². The van der Waals surface area contributed by atoms with Crippen molar-refractivity contribution in [3.05, 3.63) is 33.8 Å². The van der Waals surface area contributed by atoms with Gasteiger partial charge in [0.1, 0.15) is 0 Å². The van der Waals surface area contributed by atoms with E-state index in [0.29, 0.717) is 10.5 Å². The van der Waals surface area contributed by atoms with E-state index < -0.39 is 11.7 Å². The zero-order chi connectivity index (χ0) is 14.5. The fraction of sp³-hybridized carbons (Fsp3) is 0.571. The van der Waals surface area contributed by atoms with Crippen molar-refractivity contribution in [1.82, 2.24) is 5.32 Å². The molecular formula is C14H19BrF3N. The van der Waals surface area contributed by atoms with Gasteiger partial charge in [0.15, 0.2) is 0 Å². The minimum absolute atomic E-state index is 0.308. The van der Waals surface area contributed by atoms with E-state index in [-0.39, 0.29) is 0 Å². The van der Waals surface area contributed by atoms with Gasteiger partial charge in [-0.05, 0) is 37.1 Å². The smallest absolute Gasteiger partial charge is 0.314 e. The molecule has 0 aliphatic carbocycles. The Kier molecular flexibility index (Phi) is 6.33. The lowest BCUT2D eigenvalue weighted by atomic mass is 10.0. The van der Waals surface area contributed by atoms with Crippen LogP contribution in [0.4, 0.5) is 13.2 Å². The van der Waals surface area contributed by atoms with E-state index in [0.717, 1.165) is 43.5 Å².